The fraction of sp³-hybridized carbons (Fsp3) is 0.478. The summed E-state index contributed by atoms with van der Waals surface area (Å²) >= 11 is 3.61. The van der Waals surface area contributed by atoms with Crippen LogP contribution in [-0.4, -0.2) is 37.7 Å². The summed E-state index contributed by atoms with van der Waals surface area (Å²) in [7, 11) is 0. The molecule has 0 aliphatic carbocycles. The molecule has 0 aliphatic rings. The number of hydrogen-bond donors (Lipinski definition) is 1. The molecular weight excluding hydrogens is 506 g/mol. The Bertz CT molecular complexity index is 747. The molecular formula is C23H34BrCl2FN2O2. The molecule has 0 saturated carbocycles. The topological polar surface area (TPSA) is 33.7 Å². The van der Waals surface area contributed by atoms with Crippen molar-refractivity contribution in [3.8, 4) is 11.5 Å². The van der Waals surface area contributed by atoms with Gasteiger partial charge in [0.15, 0.2) is 11.5 Å². The van der Waals surface area contributed by atoms with Gasteiger partial charge in [0.2, 0.25) is 0 Å². The number of benzene rings is 2. The average Bonchev–Trinajstić information content (AvgIpc) is 2.71. The summed E-state index contributed by atoms with van der Waals surface area (Å²) in [6, 6.07) is 10.4. The van der Waals surface area contributed by atoms with Crippen LogP contribution >= 0.6 is 40.7 Å². The molecule has 8 heteroatoms. The highest BCUT2D eigenvalue weighted by Crippen LogP contribution is 2.37. The van der Waals surface area contributed by atoms with E-state index in [9.17, 15) is 4.39 Å². The van der Waals surface area contributed by atoms with Crippen molar-refractivity contribution in [1.82, 2.24) is 10.2 Å². The van der Waals surface area contributed by atoms with Gasteiger partial charge in [-0.3, -0.25) is 0 Å². The number of halogens is 4. The minimum atomic E-state index is -0.251. The van der Waals surface area contributed by atoms with Crippen molar-refractivity contribution in [3.63, 3.8) is 0 Å². The quantitative estimate of drug-likeness (QED) is 0.306. The maximum Gasteiger partial charge on any atom is 0.175 e. The van der Waals surface area contributed by atoms with Crippen molar-refractivity contribution in [3.05, 3.63) is 57.8 Å². The minimum absolute atomic E-state index is 0. The van der Waals surface area contributed by atoms with E-state index in [-0.39, 0.29) is 30.6 Å². The van der Waals surface area contributed by atoms with Crippen LogP contribution in [-0.2, 0) is 13.2 Å². The van der Waals surface area contributed by atoms with Gasteiger partial charge < -0.3 is 19.7 Å². The molecule has 2 aromatic carbocycles. The molecule has 0 aliphatic heterocycles. The summed E-state index contributed by atoms with van der Waals surface area (Å²) in [6.07, 6.45) is 1.13. The van der Waals surface area contributed by atoms with Crippen LogP contribution in [0.5, 0.6) is 11.5 Å². The van der Waals surface area contributed by atoms with E-state index in [2.05, 4.69) is 46.1 Å². The van der Waals surface area contributed by atoms with Crippen LogP contribution in [0, 0.1) is 5.82 Å². The molecule has 176 valence electrons. The lowest BCUT2D eigenvalue weighted by Gasteiger charge is -2.18. The van der Waals surface area contributed by atoms with Gasteiger partial charge in [0, 0.05) is 6.54 Å². The van der Waals surface area contributed by atoms with Crippen LogP contribution < -0.4 is 14.8 Å². The van der Waals surface area contributed by atoms with Gasteiger partial charge in [0.1, 0.15) is 12.4 Å². The summed E-state index contributed by atoms with van der Waals surface area (Å²) in [4.78, 5) is 2.43. The largest absolute Gasteiger partial charge is 0.490 e. The molecule has 0 heterocycles. The van der Waals surface area contributed by atoms with Gasteiger partial charge in [-0.05, 0) is 90.8 Å². The van der Waals surface area contributed by atoms with E-state index in [0.717, 1.165) is 54.7 Å². The summed E-state index contributed by atoms with van der Waals surface area (Å²) < 4.78 is 25.7. The van der Waals surface area contributed by atoms with Crippen LogP contribution in [0.2, 0.25) is 0 Å². The average molecular weight is 540 g/mol. The van der Waals surface area contributed by atoms with Crippen LogP contribution in [0.1, 0.15) is 38.3 Å². The van der Waals surface area contributed by atoms with Gasteiger partial charge in [-0.15, -0.1) is 24.8 Å². The zero-order chi connectivity index (χ0) is 21.1. The second-order valence-electron chi connectivity index (χ2n) is 6.81. The van der Waals surface area contributed by atoms with E-state index in [4.69, 9.17) is 9.47 Å². The minimum Gasteiger partial charge on any atom is -0.490 e. The molecule has 0 bridgehead atoms. The molecule has 2 rings (SSSR count). The standard InChI is InChI=1S/C23H32BrFN2O2.2ClH/c1-4-27(5-2)13-7-12-26-16-19-14-21(24)23(22(15-19)28-6-3)29-17-18-8-10-20(25)11-9-18;;/h8-11,14-15,26H,4-7,12-13,16-17H2,1-3H3;2*1H. The highest BCUT2D eigenvalue weighted by molar-refractivity contribution is 9.10. The smallest absolute Gasteiger partial charge is 0.175 e. The molecule has 0 unspecified atom stereocenters. The number of nitrogens with one attached hydrogen (secondary N) is 1. The Morgan fingerprint density at radius 3 is 2.26 bits per heavy atom. The molecule has 0 radical (unpaired) electrons. The molecule has 4 nitrogen and oxygen atoms in total. The molecule has 0 fully saturated rings. The van der Waals surface area contributed by atoms with Gasteiger partial charge in [0.25, 0.3) is 0 Å². The summed E-state index contributed by atoms with van der Waals surface area (Å²) in [5.74, 6) is 1.13. The normalized spacial score (nSPS) is 10.4. The van der Waals surface area contributed by atoms with Crippen molar-refractivity contribution in [1.29, 1.82) is 0 Å². The third-order valence-corrected chi connectivity index (χ3v) is 5.31. The van der Waals surface area contributed by atoms with Gasteiger partial charge in [-0.1, -0.05) is 26.0 Å². The molecule has 0 atom stereocenters. The number of hydrogen-bond acceptors (Lipinski definition) is 4. The molecule has 0 aromatic heterocycles. The van der Waals surface area contributed by atoms with Gasteiger partial charge in [0.05, 0.1) is 11.1 Å². The lowest BCUT2D eigenvalue weighted by Crippen LogP contribution is -2.27. The third kappa shape index (κ3) is 10.4. The molecule has 0 saturated heterocycles. The van der Waals surface area contributed by atoms with E-state index in [1.807, 2.05) is 13.0 Å². The van der Waals surface area contributed by atoms with Crippen molar-refractivity contribution in [2.75, 3.05) is 32.8 Å². The van der Waals surface area contributed by atoms with E-state index < -0.39 is 0 Å². The Kier molecular flexibility index (Phi) is 16.0. The van der Waals surface area contributed by atoms with Crippen LogP contribution in [0.25, 0.3) is 0 Å². The highest BCUT2D eigenvalue weighted by atomic mass is 79.9. The fourth-order valence-electron chi connectivity index (χ4n) is 3.06. The lowest BCUT2D eigenvalue weighted by molar-refractivity contribution is 0.267. The monoisotopic (exact) mass is 538 g/mol. The zero-order valence-corrected chi connectivity index (χ0v) is 21.7. The summed E-state index contributed by atoms with van der Waals surface area (Å²) in [5.41, 5.74) is 2.04. The van der Waals surface area contributed by atoms with Crippen molar-refractivity contribution < 1.29 is 13.9 Å². The second-order valence-corrected chi connectivity index (χ2v) is 7.66. The maximum absolute atomic E-state index is 13.1. The van der Waals surface area contributed by atoms with E-state index >= 15 is 0 Å². The van der Waals surface area contributed by atoms with Crippen LogP contribution in [0.4, 0.5) is 4.39 Å². The van der Waals surface area contributed by atoms with Crippen molar-refractivity contribution in [2.45, 2.75) is 40.3 Å². The molecule has 0 amide bonds. The SMILES string of the molecule is CCOc1cc(CNCCCN(CC)CC)cc(Br)c1OCc1ccc(F)cc1.Cl.Cl. The van der Waals surface area contributed by atoms with Gasteiger partial charge in [-0.25, -0.2) is 4.39 Å². The third-order valence-electron chi connectivity index (χ3n) is 4.72. The van der Waals surface area contributed by atoms with Gasteiger partial charge in [-0.2, -0.15) is 0 Å². The van der Waals surface area contributed by atoms with E-state index in [1.165, 1.54) is 12.1 Å². The first-order valence-corrected chi connectivity index (χ1v) is 11.1. The predicted octanol–water partition coefficient (Wildman–Crippen LogP) is 6.23. The van der Waals surface area contributed by atoms with E-state index in [0.29, 0.717) is 24.7 Å². The Morgan fingerprint density at radius 2 is 1.65 bits per heavy atom. The highest BCUT2D eigenvalue weighted by Gasteiger charge is 2.13. The zero-order valence-electron chi connectivity index (χ0n) is 18.5. The molecule has 2 aromatic rings. The van der Waals surface area contributed by atoms with Crippen LogP contribution in [0.15, 0.2) is 40.9 Å². The van der Waals surface area contributed by atoms with Crippen molar-refractivity contribution in [2.24, 2.45) is 0 Å². The first kappa shape index (κ1) is 29.9. The molecule has 1 N–H and O–H groups in total. The fourth-order valence-corrected chi connectivity index (χ4v) is 3.67. The summed E-state index contributed by atoms with van der Waals surface area (Å²) in [6.45, 7) is 12.3. The van der Waals surface area contributed by atoms with Crippen LogP contribution in [0.3, 0.4) is 0 Å². The first-order chi connectivity index (χ1) is 14.1. The van der Waals surface area contributed by atoms with Gasteiger partial charge >= 0.3 is 0 Å². The number of rotatable bonds is 13. The maximum atomic E-state index is 13.1. The Hall–Kier alpha value is -1.05. The predicted molar refractivity (Wildman–Crippen MR) is 135 cm³/mol. The first-order valence-electron chi connectivity index (χ1n) is 10.3. The Morgan fingerprint density at radius 1 is 0.968 bits per heavy atom. The van der Waals surface area contributed by atoms with E-state index in [1.54, 1.807) is 12.1 Å². The number of nitrogens with zero attached hydrogens (tertiary/aromatic N) is 1. The Labute approximate surface area is 206 Å². The van der Waals surface area contributed by atoms with Crippen molar-refractivity contribution >= 4 is 40.7 Å². The second kappa shape index (κ2) is 16.6. The Balaban J connectivity index is 0.00000450. The molecule has 31 heavy (non-hydrogen) atoms. The number of ether oxygens (including phenoxy) is 2. The summed E-state index contributed by atoms with van der Waals surface area (Å²) in [5, 5.41) is 3.50. The lowest BCUT2D eigenvalue weighted by atomic mass is 10.2. The molecule has 0 spiro atoms.